The summed E-state index contributed by atoms with van der Waals surface area (Å²) in [6.45, 7) is -0.169. The van der Waals surface area contributed by atoms with Crippen molar-refractivity contribution in [3.05, 3.63) is 54.1 Å². The van der Waals surface area contributed by atoms with Gasteiger partial charge in [0.2, 0.25) is 5.91 Å². The Bertz CT molecular complexity index is 674. The van der Waals surface area contributed by atoms with Crippen LogP contribution in [0.15, 0.2) is 53.4 Å². The van der Waals surface area contributed by atoms with Gasteiger partial charge in [0, 0.05) is 10.5 Å². The molecular weight excluding hydrogens is 300 g/mol. The molecule has 3 N–H and O–H groups in total. The minimum atomic E-state index is -0.406. The smallest absolute Gasteiger partial charge is 0.251 e. The summed E-state index contributed by atoms with van der Waals surface area (Å²) in [6, 6.07) is 13.6. The van der Waals surface area contributed by atoms with E-state index in [4.69, 9.17) is 0 Å². The molecule has 22 heavy (non-hydrogen) atoms. The monoisotopic (exact) mass is 316 g/mol. The van der Waals surface area contributed by atoms with Gasteiger partial charge in [-0.3, -0.25) is 9.59 Å². The number of hydrogen-bond acceptors (Lipinski definition) is 4. The first-order chi connectivity index (χ1) is 10.6. The van der Waals surface area contributed by atoms with Crippen molar-refractivity contribution < 1.29 is 14.7 Å². The Kier molecular flexibility index (Phi) is 5.43. The first kappa shape index (κ1) is 15.9. The summed E-state index contributed by atoms with van der Waals surface area (Å²) in [6.07, 6.45) is 1.89. The number of carbonyl (C=O) groups is 2. The van der Waals surface area contributed by atoms with Gasteiger partial charge in [-0.2, -0.15) is 0 Å². The zero-order chi connectivity index (χ0) is 15.9. The summed E-state index contributed by atoms with van der Waals surface area (Å²) in [5.41, 5.74) is 0.805. The predicted molar refractivity (Wildman–Crippen MR) is 87.3 cm³/mol. The van der Waals surface area contributed by atoms with Gasteiger partial charge in [-0.25, -0.2) is 0 Å². The first-order valence-electron chi connectivity index (χ1n) is 6.60. The second-order valence-corrected chi connectivity index (χ2v) is 5.36. The van der Waals surface area contributed by atoms with Crippen LogP contribution in [0.1, 0.15) is 10.4 Å². The standard InChI is InChI=1S/C16H16N2O3S/c1-22-12-7-8-13(14(19)9-12)18-15(20)10-17-16(21)11-5-3-2-4-6-11/h2-9,19H,10H2,1H3,(H,17,21)(H,18,20). The first-order valence-corrected chi connectivity index (χ1v) is 7.82. The summed E-state index contributed by atoms with van der Waals surface area (Å²) in [5.74, 6) is -0.733. The molecule has 0 fully saturated rings. The van der Waals surface area contributed by atoms with Gasteiger partial charge in [-0.05, 0) is 36.6 Å². The molecule has 0 radical (unpaired) electrons. The lowest BCUT2D eigenvalue weighted by atomic mass is 10.2. The SMILES string of the molecule is CSc1ccc(NC(=O)CNC(=O)c2ccccc2)c(O)c1. The molecular formula is C16H16N2O3S. The number of benzene rings is 2. The van der Waals surface area contributed by atoms with Crippen molar-refractivity contribution in [3.8, 4) is 5.75 Å². The molecule has 0 unspecified atom stereocenters. The molecule has 0 aliphatic heterocycles. The Morgan fingerprint density at radius 3 is 2.50 bits per heavy atom. The normalized spacial score (nSPS) is 10.0. The molecule has 0 aromatic heterocycles. The van der Waals surface area contributed by atoms with Crippen molar-refractivity contribution in [1.29, 1.82) is 0 Å². The maximum absolute atomic E-state index is 11.8. The lowest BCUT2D eigenvalue weighted by Crippen LogP contribution is -2.32. The third kappa shape index (κ3) is 4.26. The summed E-state index contributed by atoms with van der Waals surface area (Å²) in [4.78, 5) is 24.5. The van der Waals surface area contributed by atoms with E-state index in [0.717, 1.165) is 4.90 Å². The molecule has 5 nitrogen and oxygen atoms in total. The number of nitrogens with one attached hydrogen (secondary N) is 2. The highest BCUT2D eigenvalue weighted by molar-refractivity contribution is 7.98. The van der Waals surface area contributed by atoms with Crippen molar-refractivity contribution in [1.82, 2.24) is 5.32 Å². The van der Waals surface area contributed by atoms with E-state index >= 15 is 0 Å². The Balaban J connectivity index is 1.89. The molecule has 114 valence electrons. The average molecular weight is 316 g/mol. The highest BCUT2D eigenvalue weighted by atomic mass is 32.2. The largest absolute Gasteiger partial charge is 0.506 e. The summed E-state index contributed by atoms with van der Waals surface area (Å²) in [7, 11) is 0. The van der Waals surface area contributed by atoms with E-state index in [9.17, 15) is 14.7 Å². The van der Waals surface area contributed by atoms with Crippen LogP contribution in [-0.4, -0.2) is 29.7 Å². The van der Waals surface area contributed by atoms with Gasteiger partial charge >= 0.3 is 0 Å². The zero-order valence-electron chi connectivity index (χ0n) is 12.0. The van der Waals surface area contributed by atoms with Gasteiger partial charge in [0.05, 0.1) is 12.2 Å². The molecule has 0 aliphatic carbocycles. The molecule has 2 aromatic rings. The van der Waals surface area contributed by atoms with Gasteiger partial charge in [0.15, 0.2) is 0 Å². The molecule has 0 bridgehead atoms. The highest BCUT2D eigenvalue weighted by Crippen LogP contribution is 2.28. The minimum absolute atomic E-state index is 0.00501. The van der Waals surface area contributed by atoms with E-state index in [1.165, 1.54) is 11.8 Å². The number of aromatic hydroxyl groups is 1. The van der Waals surface area contributed by atoms with Crippen LogP contribution in [0.3, 0.4) is 0 Å². The maximum Gasteiger partial charge on any atom is 0.251 e. The Morgan fingerprint density at radius 1 is 1.14 bits per heavy atom. The molecule has 2 aromatic carbocycles. The average Bonchev–Trinajstić information content (AvgIpc) is 2.55. The number of hydrogen-bond donors (Lipinski definition) is 3. The molecule has 0 saturated heterocycles. The molecule has 0 heterocycles. The van der Waals surface area contributed by atoms with Gasteiger partial charge < -0.3 is 15.7 Å². The molecule has 2 amide bonds. The van der Waals surface area contributed by atoms with Gasteiger partial charge in [-0.1, -0.05) is 18.2 Å². The van der Waals surface area contributed by atoms with Crippen LogP contribution < -0.4 is 10.6 Å². The van der Waals surface area contributed by atoms with Crippen LogP contribution in [0, 0.1) is 0 Å². The molecule has 0 spiro atoms. The molecule has 0 atom stereocenters. The van der Waals surface area contributed by atoms with E-state index < -0.39 is 5.91 Å². The minimum Gasteiger partial charge on any atom is -0.506 e. The topological polar surface area (TPSA) is 78.4 Å². The number of rotatable bonds is 5. The van der Waals surface area contributed by atoms with Crippen molar-refractivity contribution in [3.63, 3.8) is 0 Å². The van der Waals surface area contributed by atoms with Crippen LogP contribution >= 0.6 is 11.8 Å². The second kappa shape index (κ2) is 7.51. The van der Waals surface area contributed by atoms with Gasteiger partial charge in [-0.15, -0.1) is 11.8 Å². The van der Waals surface area contributed by atoms with E-state index in [1.807, 2.05) is 12.3 Å². The van der Waals surface area contributed by atoms with Crippen molar-refractivity contribution >= 4 is 29.3 Å². The zero-order valence-corrected chi connectivity index (χ0v) is 12.8. The van der Waals surface area contributed by atoms with Crippen LogP contribution in [0.5, 0.6) is 5.75 Å². The molecule has 6 heteroatoms. The Labute approximate surface area is 132 Å². The van der Waals surface area contributed by atoms with Crippen molar-refractivity contribution in [2.75, 3.05) is 18.1 Å². The lowest BCUT2D eigenvalue weighted by molar-refractivity contribution is -0.115. The van der Waals surface area contributed by atoms with Gasteiger partial charge in [0.1, 0.15) is 5.75 Å². The predicted octanol–water partition coefficient (Wildman–Crippen LogP) is 2.48. The third-order valence-corrected chi connectivity index (χ3v) is 3.65. The van der Waals surface area contributed by atoms with Gasteiger partial charge in [0.25, 0.3) is 5.91 Å². The number of amides is 2. The van der Waals surface area contributed by atoms with Crippen LogP contribution in [0.2, 0.25) is 0 Å². The maximum atomic E-state index is 11.8. The van der Waals surface area contributed by atoms with E-state index in [2.05, 4.69) is 10.6 Å². The summed E-state index contributed by atoms with van der Waals surface area (Å²) < 4.78 is 0. The summed E-state index contributed by atoms with van der Waals surface area (Å²) >= 11 is 1.49. The van der Waals surface area contributed by atoms with E-state index in [0.29, 0.717) is 11.3 Å². The van der Waals surface area contributed by atoms with E-state index in [-0.39, 0.29) is 18.2 Å². The van der Waals surface area contributed by atoms with Crippen molar-refractivity contribution in [2.24, 2.45) is 0 Å². The fraction of sp³-hybridized carbons (Fsp3) is 0.125. The second-order valence-electron chi connectivity index (χ2n) is 4.48. The number of anilines is 1. The number of thioether (sulfide) groups is 1. The van der Waals surface area contributed by atoms with Crippen LogP contribution in [-0.2, 0) is 4.79 Å². The number of phenolic OH excluding ortho intramolecular Hbond substituents is 1. The molecule has 2 rings (SSSR count). The van der Waals surface area contributed by atoms with Crippen LogP contribution in [0.4, 0.5) is 5.69 Å². The number of carbonyl (C=O) groups excluding carboxylic acids is 2. The number of phenols is 1. The van der Waals surface area contributed by atoms with Crippen LogP contribution in [0.25, 0.3) is 0 Å². The van der Waals surface area contributed by atoms with E-state index in [1.54, 1.807) is 42.5 Å². The summed E-state index contributed by atoms with van der Waals surface area (Å²) in [5, 5.41) is 14.9. The Morgan fingerprint density at radius 2 is 1.86 bits per heavy atom. The quantitative estimate of drug-likeness (QED) is 0.585. The fourth-order valence-corrected chi connectivity index (χ4v) is 2.22. The lowest BCUT2D eigenvalue weighted by Gasteiger charge is -2.09. The Hall–Kier alpha value is -2.47. The molecule has 0 aliphatic rings. The highest BCUT2D eigenvalue weighted by Gasteiger charge is 2.10. The fourth-order valence-electron chi connectivity index (χ4n) is 1.79. The van der Waals surface area contributed by atoms with Crippen molar-refractivity contribution in [2.45, 2.75) is 4.90 Å². The molecule has 0 saturated carbocycles. The third-order valence-electron chi connectivity index (χ3n) is 2.92.